The van der Waals surface area contributed by atoms with Gasteiger partial charge in [0.2, 0.25) is 0 Å². The van der Waals surface area contributed by atoms with Gasteiger partial charge in [-0.15, -0.1) is 0 Å². The highest BCUT2D eigenvalue weighted by Crippen LogP contribution is 2.08. The third kappa shape index (κ3) is 11.6. The first-order valence-corrected chi connectivity index (χ1v) is 6.51. The normalized spacial score (nSPS) is 9.93. The van der Waals surface area contributed by atoms with E-state index in [1.165, 1.54) is 44.9 Å². The van der Waals surface area contributed by atoms with Gasteiger partial charge in [0.1, 0.15) is 0 Å². The van der Waals surface area contributed by atoms with Gasteiger partial charge in [-0.25, -0.2) is 0 Å². The van der Waals surface area contributed by atoms with Gasteiger partial charge in [-0.2, -0.15) is 0 Å². The van der Waals surface area contributed by atoms with E-state index in [0.29, 0.717) is 5.05 Å². The van der Waals surface area contributed by atoms with Crippen molar-refractivity contribution < 1.29 is 4.74 Å². The maximum atomic E-state index is 5.25. The first kappa shape index (κ1) is 14.6. The van der Waals surface area contributed by atoms with E-state index in [2.05, 4.69) is 13.5 Å². The van der Waals surface area contributed by atoms with Gasteiger partial charge in [-0.1, -0.05) is 58.4 Å². The molecule has 0 rings (SSSR count). The second-order valence-corrected chi connectivity index (χ2v) is 4.25. The third-order valence-electron chi connectivity index (χ3n) is 2.41. The molecule has 0 bridgehead atoms. The fourth-order valence-corrected chi connectivity index (χ4v) is 1.55. The van der Waals surface area contributed by atoms with Crippen LogP contribution in [0.1, 0.15) is 58.3 Å². The molecule has 2 heteroatoms. The van der Waals surface area contributed by atoms with Gasteiger partial charge in [0.25, 0.3) is 0 Å². The van der Waals surface area contributed by atoms with Crippen LogP contribution in [0, 0.1) is 0 Å². The smallest absolute Gasteiger partial charge is 0.183 e. The summed E-state index contributed by atoms with van der Waals surface area (Å²) in [7, 11) is 0. The molecule has 0 unspecified atom stereocenters. The van der Waals surface area contributed by atoms with Crippen molar-refractivity contribution in [1.82, 2.24) is 0 Å². The molecule has 0 aliphatic rings. The zero-order valence-corrected chi connectivity index (χ0v) is 10.8. The van der Waals surface area contributed by atoms with Gasteiger partial charge in [0.05, 0.1) is 6.61 Å². The lowest BCUT2D eigenvalue weighted by atomic mass is 10.1. The second-order valence-electron chi connectivity index (χ2n) is 3.85. The van der Waals surface area contributed by atoms with Crippen LogP contribution >= 0.6 is 12.2 Å². The average molecular weight is 228 g/mol. The van der Waals surface area contributed by atoms with E-state index in [4.69, 9.17) is 17.0 Å². The van der Waals surface area contributed by atoms with Crippen LogP contribution in [0.25, 0.3) is 0 Å². The summed E-state index contributed by atoms with van der Waals surface area (Å²) in [5.41, 5.74) is 0. The molecule has 0 aromatic carbocycles. The van der Waals surface area contributed by atoms with Gasteiger partial charge in [0.15, 0.2) is 5.05 Å². The van der Waals surface area contributed by atoms with Crippen molar-refractivity contribution in [2.75, 3.05) is 6.61 Å². The molecule has 0 heterocycles. The number of thiocarbonyl (C=S) groups is 1. The lowest BCUT2D eigenvalue weighted by Crippen LogP contribution is -1.99. The molecule has 0 atom stereocenters. The molecule has 0 radical (unpaired) electrons. The van der Waals surface area contributed by atoms with E-state index in [9.17, 15) is 0 Å². The molecule has 0 fully saturated rings. The number of hydrogen-bond acceptors (Lipinski definition) is 2. The number of rotatable bonds is 10. The Morgan fingerprint density at radius 2 is 1.60 bits per heavy atom. The van der Waals surface area contributed by atoms with E-state index < -0.39 is 0 Å². The van der Waals surface area contributed by atoms with Crippen molar-refractivity contribution in [1.29, 1.82) is 0 Å². The van der Waals surface area contributed by atoms with Crippen LogP contribution in [-0.2, 0) is 4.74 Å². The Morgan fingerprint density at radius 3 is 2.13 bits per heavy atom. The summed E-state index contributed by atoms with van der Waals surface area (Å²) in [6.07, 6.45) is 12.1. The fraction of sp³-hybridized carbons (Fsp3) is 0.769. The minimum Gasteiger partial charge on any atom is -0.483 e. The van der Waals surface area contributed by atoms with Crippen molar-refractivity contribution in [3.63, 3.8) is 0 Å². The summed E-state index contributed by atoms with van der Waals surface area (Å²) in [4.78, 5) is 0. The van der Waals surface area contributed by atoms with E-state index in [1.807, 2.05) is 0 Å². The minimum atomic E-state index is 0.526. The number of unbranched alkanes of at least 4 members (excludes halogenated alkanes) is 7. The number of ether oxygens (including phenoxy) is 1. The second kappa shape index (κ2) is 11.7. The standard InChI is InChI=1S/C13H24OS/c1-3-5-6-7-8-9-10-11-12-14-13(15)4-2/h4H,2-3,5-12H2,1H3. The first-order valence-electron chi connectivity index (χ1n) is 6.10. The maximum Gasteiger partial charge on any atom is 0.183 e. The van der Waals surface area contributed by atoms with Gasteiger partial charge in [-0.05, 0) is 24.7 Å². The van der Waals surface area contributed by atoms with Crippen molar-refractivity contribution in [3.05, 3.63) is 12.7 Å². The van der Waals surface area contributed by atoms with Crippen LogP contribution in [0.2, 0.25) is 0 Å². The minimum absolute atomic E-state index is 0.526. The van der Waals surface area contributed by atoms with Crippen LogP contribution in [0.3, 0.4) is 0 Å². The molecule has 88 valence electrons. The van der Waals surface area contributed by atoms with Crippen molar-refractivity contribution in [3.8, 4) is 0 Å². The molecular weight excluding hydrogens is 204 g/mol. The molecule has 0 spiro atoms. The highest BCUT2D eigenvalue weighted by molar-refractivity contribution is 7.80. The molecule has 0 saturated heterocycles. The fourth-order valence-electron chi connectivity index (χ4n) is 1.47. The maximum absolute atomic E-state index is 5.25. The average Bonchev–Trinajstić information content (AvgIpc) is 2.26. The first-order chi connectivity index (χ1) is 7.31. The van der Waals surface area contributed by atoms with Gasteiger partial charge in [0, 0.05) is 0 Å². The zero-order chi connectivity index (χ0) is 11.4. The van der Waals surface area contributed by atoms with Crippen molar-refractivity contribution in [2.45, 2.75) is 58.3 Å². The van der Waals surface area contributed by atoms with Crippen LogP contribution in [-0.4, -0.2) is 11.7 Å². The quantitative estimate of drug-likeness (QED) is 0.305. The third-order valence-corrected chi connectivity index (χ3v) is 2.69. The van der Waals surface area contributed by atoms with E-state index >= 15 is 0 Å². The van der Waals surface area contributed by atoms with Crippen LogP contribution in [0.15, 0.2) is 12.7 Å². The van der Waals surface area contributed by atoms with Crippen LogP contribution in [0.5, 0.6) is 0 Å². The lowest BCUT2D eigenvalue weighted by molar-refractivity contribution is 0.302. The van der Waals surface area contributed by atoms with Crippen molar-refractivity contribution in [2.24, 2.45) is 0 Å². The Kier molecular flexibility index (Phi) is 11.4. The monoisotopic (exact) mass is 228 g/mol. The lowest BCUT2D eigenvalue weighted by Gasteiger charge is -2.03. The molecule has 0 aliphatic heterocycles. The summed E-state index contributed by atoms with van der Waals surface area (Å²) >= 11 is 4.86. The molecule has 1 nitrogen and oxygen atoms in total. The summed E-state index contributed by atoms with van der Waals surface area (Å²) < 4.78 is 5.25. The Hall–Kier alpha value is -0.370. The van der Waals surface area contributed by atoms with Gasteiger partial charge >= 0.3 is 0 Å². The summed E-state index contributed by atoms with van der Waals surface area (Å²) in [5.74, 6) is 0. The Bertz CT molecular complexity index is 166. The zero-order valence-electron chi connectivity index (χ0n) is 9.96. The molecule has 0 aliphatic carbocycles. The van der Waals surface area contributed by atoms with Gasteiger partial charge < -0.3 is 4.74 Å². The predicted molar refractivity (Wildman–Crippen MR) is 71.4 cm³/mol. The molecular formula is C13H24OS. The molecule has 0 aromatic rings. The highest BCUT2D eigenvalue weighted by atomic mass is 32.1. The molecule has 0 aromatic heterocycles. The Balaban J connectivity index is 2.98. The van der Waals surface area contributed by atoms with E-state index in [-0.39, 0.29) is 0 Å². The molecule has 0 saturated carbocycles. The predicted octanol–water partition coefficient (Wildman–Crippen LogP) is 4.66. The number of hydrogen-bond donors (Lipinski definition) is 0. The Morgan fingerprint density at radius 1 is 1.07 bits per heavy atom. The van der Waals surface area contributed by atoms with Crippen molar-refractivity contribution >= 4 is 17.3 Å². The SMILES string of the molecule is C=CC(=S)OCCCCCCCCCC. The van der Waals surface area contributed by atoms with E-state index in [1.54, 1.807) is 6.08 Å². The van der Waals surface area contributed by atoms with Crippen LogP contribution < -0.4 is 0 Å². The topological polar surface area (TPSA) is 9.23 Å². The van der Waals surface area contributed by atoms with Crippen LogP contribution in [0.4, 0.5) is 0 Å². The molecule has 15 heavy (non-hydrogen) atoms. The molecule has 0 N–H and O–H groups in total. The summed E-state index contributed by atoms with van der Waals surface area (Å²) in [6.45, 7) is 6.55. The Labute approximate surface area is 99.9 Å². The highest BCUT2D eigenvalue weighted by Gasteiger charge is 1.93. The molecule has 0 amide bonds. The summed E-state index contributed by atoms with van der Waals surface area (Å²) in [6, 6.07) is 0. The van der Waals surface area contributed by atoms with Gasteiger partial charge in [-0.3, -0.25) is 0 Å². The summed E-state index contributed by atoms with van der Waals surface area (Å²) in [5, 5.41) is 0.526. The van der Waals surface area contributed by atoms with E-state index in [0.717, 1.165) is 13.0 Å². The largest absolute Gasteiger partial charge is 0.483 e.